The molecule has 0 radical (unpaired) electrons. The van der Waals surface area contributed by atoms with Crippen molar-refractivity contribution >= 4 is 33.5 Å². The van der Waals surface area contributed by atoms with Gasteiger partial charge in [-0.1, -0.05) is 24.3 Å². The van der Waals surface area contributed by atoms with Crippen molar-refractivity contribution in [2.45, 2.75) is 6.54 Å². The molecule has 4 rings (SSSR count). The molecule has 0 aliphatic carbocycles. The largest absolute Gasteiger partial charge is 0.457 e. The number of aromatic nitrogens is 1. The second kappa shape index (κ2) is 7.78. The number of rotatable bonds is 5. The lowest BCUT2D eigenvalue weighted by atomic mass is 10.1. The highest BCUT2D eigenvalue weighted by molar-refractivity contribution is 7.18. The third-order valence-electron chi connectivity index (χ3n) is 4.24. The van der Waals surface area contributed by atoms with Gasteiger partial charge >= 0.3 is 0 Å². The van der Waals surface area contributed by atoms with Crippen LogP contribution in [0.25, 0.3) is 27.6 Å². The van der Waals surface area contributed by atoms with Crippen molar-refractivity contribution in [1.29, 1.82) is 0 Å². The smallest absolute Gasteiger partial charge is 0.246 e. The number of likely N-dealkylation sites (N-methyl/N-ethyl adjacent to an activating group) is 1. The van der Waals surface area contributed by atoms with Crippen LogP contribution in [-0.2, 0) is 11.3 Å². The molecule has 2 aromatic carbocycles. The van der Waals surface area contributed by atoms with Gasteiger partial charge in [-0.05, 0) is 42.5 Å². The maximum Gasteiger partial charge on any atom is 0.246 e. The minimum atomic E-state index is -0.348. The standard InChI is InChI=1S/C22H17FN2O2S/c1-25(14-21-24-18-8-4-5-9-20(18)28-21)22(26)13-11-15-10-12-19(27-15)16-6-2-3-7-17(16)23/h2-13H,14H2,1H3/b13-11+. The van der Waals surface area contributed by atoms with Crippen LogP contribution in [0.2, 0.25) is 0 Å². The quantitative estimate of drug-likeness (QED) is 0.429. The Morgan fingerprint density at radius 1 is 1.14 bits per heavy atom. The summed E-state index contributed by atoms with van der Waals surface area (Å²) in [5.74, 6) is 0.398. The van der Waals surface area contributed by atoms with Crippen LogP contribution < -0.4 is 0 Å². The van der Waals surface area contributed by atoms with E-state index >= 15 is 0 Å². The molecule has 0 saturated heterocycles. The van der Waals surface area contributed by atoms with Gasteiger partial charge in [-0.25, -0.2) is 9.37 Å². The second-order valence-electron chi connectivity index (χ2n) is 6.28. The molecule has 0 saturated carbocycles. The molecule has 4 aromatic rings. The number of para-hydroxylation sites is 1. The van der Waals surface area contributed by atoms with Gasteiger partial charge in [-0.3, -0.25) is 4.79 Å². The molecule has 4 nitrogen and oxygen atoms in total. The number of amides is 1. The van der Waals surface area contributed by atoms with Crippen LogP contribution in [0.15, 0.2) is 71.2 Å². The Morgan fingerprint density at radius 3 is 2.75 bits per heavy atom. The molecule has 1 amide bonds. The van der Waals surface area contributed by atoms with Gasteiger partial charge in [0.25, 0.3) is 0 Å². The maximum absolute atomic E-state index is 13.8. The summed E-state index contributed by atoms with van der Waals surface area (Å²) in [4.78, 5) is 18.5. The lowest BCUT2D eigenvalue weighted by Gasteiger charge is -2.12. The zero-order valence-corrected chi connectivity index (χ0v) is 15.9. The molecule has 28 heavy (non-hydrogen) atoms. The fourth-order valence-electron chi connectivity index (χ4n) is 2.80. The van der Waals surface area contributed by atoms with E-state index in [2.05, 4.69) is 4.98 Å². The molecule has 6 heteroatoms. The zero-order chi connectivity index (χ0) is 19.5. The van der Waals surface area contributed by atoms with Gasteiger partial charge in [0.2, 0.25) is 5.91 Å². The van der Waals surface area contributed by atoms with Crippen molar-refractivity contribution in [3.63, 3.8) is 0 Å². The first-order valence-electron chi connectivity index (χ1n) is 8.72. The summed E-state index contributed by atoms with van der Waals surface area (Å²) in [5, 5.41) is 0.880. The molecule has 140 valence electrons. The fourth-order valence-corrected chi connectivity index (χ4v) is 3.82. The second-order valence-corrected chi connectivity index (χ2v) is 7.40. The highest BCUT2D eigenvalue weighted by Gasteiger charge is 2.11. The maximum atomic E-state index is 13.8. The average Bonchev–Trinajstić information content (AvgIpc) is 3.32. The third kappa shape index (κ3) is 3.87. The minimum absolute atomic E-state index is 0.164. The number of nitrogens with zero attached hydrogens (tertiary/aromatic N) is 2. The number of furan rings is 1. The van der Waals surface area contributed by atoms with E-state index in [9.17, 15) is 9.18 Å². The number of carbonyl (C=O) groups excluding carboxylic acids is 1. The predicted octanol–water partition coefficient (Wildman–Crippen LogP) is 5.37. The molecule has 2 heterocycles. The van der Waals surface area contributed by atoms with Gasteiger partial charge in [0.1, 0.15) is 22.3 Å². The van der Waals surface area contributed by atoms with Gasteiger partial charge in [0.05, 0.1) is 22.3 Å². The molecule has 0 unspecified atom stereocenters. The van der Waals surface area contributed by atoms with Crippen LogP contribution in [0.3, 0.4) is 0 Å². The van der Waals surface area contributed by atoms with E-state index in [4.69, 9.17) is 4.42 Å². The van der Waals surface area contributed by atoms with Gasteiger partial charge in [-0.2, -0.15) is 0 Å². The van der Waals surface area contributed by atoms with Gasteiger partial charge < -0.3 is 9.32 Å². The van der Waals surface area contributed by atoms with E-state index in [1.54, 1.807) is 59.7 Å². The lowest BCUT2D eigenvalue weighted by Crippen LogP contribution is -2.23. The Morgan fingerprint density at radius 2 is 1.93 bits per heavy atom. The summed E-state index contributed by atoms with van der Waals surface area (Å²) >= 11 is 1.58. The number of thiazole rings is 1. The van der Waals surface area contributed by atoms with Crippen molar-refractivity contribution < 1.29 is 13.6 Å². The molecule has 0 fully saturated rings. The number of hydrogen-bond donors (Lipinski definition) is 0. The van der Waals surface area contributed by atoms with Gasteiger partial charge in [0.15, 0.2) is 0 Å². The van der Waals surface area contributed by atoms with Crippen LogP contribution in [-0.4, -0.2) is 22.8 Å². The number of carbonyl (C=O) groups is 1. The monoisotopic (exact) mass is 392 g/mol. The first-order valence-corrected chi connectivity index (χ1v) is 9.54. The minimum Gasteiger partial charge on any atom is -0.457 e. The van der Waals surface area contributed by atoms with Gasteiger partial charge in [0, 0.05) is 13.1 Å². The first kappa shape index (κ1) is 18.1. The van der Waals surface area contributed by atoms with Crippen molar-refractivity contribution in [3.05, 3.63) is 83.3 Å². The van der Waals surface area contributed by atoms with Crippen molar-refractivity contribution in [1.82, 2.24) is 9.88 Å². The third-order valence-corrected chi connectivity index (χ3v) is 5.26. The summed E-state index contributed by atoms with van der Waals surface area (Å²) in [6, 6.07) is 17.7. The van der Waals surface area contributed by atoms with Crippen LogP contribution in [0.4, 0.5) is 4.39 Å². The summed E-state index contributed by atoms with van der Waals surface area (Å²) in [6.45, 7) is 0.432. The SMILES string of the molecule is CN(Cc1nc2ccccc2s1)C(=O)/C=C/c1ccc(-c2ccccc2F)o1. The molecule has 0 spiro atoms. The Hall–Kier alpha value is -3.25. The Labute approximate surface area is 165 Å². The summed E-state index contributed by atoms with van der Waals surface area (Å²) in [6.07, 6.45) is 3.03. The van der Waals surface area contributed by atoms with Crippen LogP contribution in [0.5, 0.6) is 0 Å². The Bertz CT molecular complexity index is 1130. The molecule has 0 atom stereocenters. The molecule has 0 aliphatic rings. The first-order chi connectivity index (χ1) is 13.6. The van der Waals surface area contributed by atoms with E-state index in [1.165, 1.54) is 12.1 Å². The van der Waals surface area contributed by atoms with E-state index in [0.29, 0.717) is 23.6 Å². The topological polar surface area (TPSA) is 46.3 Å². The summed E-state index contributed by atoms with van der Waals surface area (Å²) in [7, 11) is 1.73. The number of halogens is 1. The lowest BCUT2D eigenvalue weighted by molar-refractivity contribution is -0.125. The number of fused-ring (bicyclic) bond motifs is 1. The Balaban J connectivity index is 1.43. The highest BCUT2D eigenvalue weighted by atomic mass is 32.1. The van der Waals surface area contributed by atoms with Gasteiger partial charge in [-0.15, -0.1) is 11.3 Å². The molecule has 2 aromatic heterocycles. The summed E-state index contributed by atoms with van der Waals surface area (Å²) in [5.41, 5.74) is 1.33. The van der Waals surface area contributed by atoms with Crippen molar-refractivity contribution in [3.8, 4) is 11.3 Å². The normalized spacial score (nSPS) is 11.4. The zero-order valence-electron chi connectivity index (χ0n) is 15.1. The highest BCUT2D eigenvalue weighted by Crippen LogP contribution is 2.25. The molecular weight excluding hydrogens is 375 g/mol. The van der Waals surface area contributed by atoms with E-state index in [0.717, 1.165) is 15.2 Å². The molecule has 0 aliphatic heterocycles. The summed E-state index contributed by atoms with van der Waals surface area (Å²) < 4.78 is 20.6. The van der Waals surface area contributed by atoms with Crippen LogP contribution >= 0.6 is 11.3 Å². The fraction of sp³-hybridized carbons (Fsp3) is 0.0909. The molecular formula is C22H17FN2O2S. The Kier molecular flexibility index (Phi) is 5.04. The van der Waals surface area contributed by atoms with Crippen LogP contribution in [0, 0.1) is 5.82 Å². The molecule has 0 bridgehead atoms. The van der Waals surface area contributed by atoms with Crippen molar-refractivity contribution in [2.75, 3.05) is 7.05 Å². The van der Waals surface area contributed by atoms with E-state index < -0.39 is 0 Å². The molecule has 0 N–H and O–H groups in total. The van der Waals surface area contributed by atoms with Crippen LogP contribution in [0.1, 0.15) is 10.8 Å². The average molecular weight is 392 g/mol. The van der Waals surface area contributed by atoms with E-state index in [1.807, 2.05) is 24.3 Å². The number of benzene rings is 2. The van der Waals surface area contributed by atoms with Crippen molar-refractivity contribution in [2.24, 2.45) is 0 Å². The van der Waals surface area contributed by atoms with E-state index in [-0.39, 0.29) is 11.7 Å². The predicted molar refractivity (Wildman–Crippen MR) is 109 cm³/mol. The number of hydrogen-bond acceptors (Lipinski definition) is 4.